The molecule has 2 aromatic rings. The Bertz CT molecular complexity index is 523. The molecule has 0 spiro atoms. The second-order valence-electron chi connectivity index (χ2n) is 2.61. The van der Waals surface area contributed by atoms with Crippen LogP contribution in [0.2, 0.25) is 0 Å². The van der Waals surface area contributed by atoms with Gasteiger partial charge in [0.15, 0.2) is 11.3 Å². The van der Waals surface area contributed by atoms with Crippen molar-refractivity contribution in [2.75, 3.05) is 0 Å². The molecular weight excluding hydrogens is 195 g/mol. The topological polar surface area (TPSA) is 70.7 Å². The van der Waals surface area contributed by atoms with Gasteiger partial charge in [-0.05, 0) is 18.2 Å². The number of hydrogen-bond acceptors (Lipinski definition) is 4. The van der Waals surface area contributed by atoms with Gasteiger partial charge in [0.05, 0.1) is 0 Å². The Labute approximate surface area is 103 Å². The first kappa shape index (κ1) is 11.1. The van der Waals surface area contributed by atoms with Crippen molar-refractivity contribution in [1.29, 1.82) is 0 Å². The summed E-state index contributed by atoms with van der Waals surface area (Å²) in [4.78, 5) is 10.8. The van der Waals surface area contributed by atoms with Gasteiger partial charge in [0, 0.05) is 11.5 Å². The zero-order valence-electron chi connectivity index (χ0n) is 8.52. The second-order valence-corrected chi connectivity index (χ2v) is 2.61. The molecule has 0 unspecified atom stereocenters. The van der Waals surface area contributed by atoms with Gasteiger partial charge in [0.25, 0.3) is 0 Å². The third kappa shape index (κ3) is 1.77. The van der Waals surface area contributed by atoms with E-state index in [1.165, 1.54) is 18.2 Å². The number of phenols is 2. The molecule has 0 saturated heterocycles. The van der Waals surface area contributed by atoms with Gasteiger partial charge in [-0.25, -0.2) is 4.79 Å². The molecule has 0 radical (unpaired) electrons. The maximum absolute atomic E-state index is 10.8. The monoisotopic (exact) mass is 202 g/mol. The molecule has 0 amide bonds. The minimum Gasteiger partial charge on any atom is -1.00 e. The molecule has 1 aromatic carbocycles. The zero-order valence-corrected chi connectivity index (χ0v) is 9.52. The Morgan fingerprint density at radius 1 is 1.14 bits per heavy atom. The smallest absolute Gasteiger partial charge is 1.00 e. The Balaban J connectivity index is 0.000000980. The van der Waals surface area contributed by atoms with Crippen molar-refractivity contribution in [1.82, 2.24) is 0 Å². The first-order chi connectivity index (χ1) is 6.18. The van der Waals surface area contributed by atoms with E-state index in [-0.39, 0.29) is 42.3 Å². The molecule has 0 saturated carbocycles. The molecule has 1 heterocycles. The maximum Gasteiger partial charge on any atom is 1.00 e. The van der Waals surface area contributed by atoms with Crippen molar-refractivity contribution in [3.05, 3.63) is 34.7 Å². The number of aromatic hydroxyl groups is 2. The van der Waals surface area contributed by atoms with E-state index in [2.05, 4.69) is 0 Å². The normalized spacial score (nSPS) is 9.71. The molecule has 5 heteroatoms. The third-order valence-corrected chi connectivity index (χ3v) is 1.74. The van der Waals surface area contributed by atoms with E-state index in [4.69, 9.17) is 9.52 Å². The molecule has 0 atom stereocenters. The van der Waals surface area contributed by atoms with Crippen molar-refractivity contribution in [2.24, 2.45) is 0 Å². The van der Waals surface area contributed by atoms with Crippen LogP contribution in [0.3, 0.4) is 0 Å². The van der Waals surface area contributed by atoms with Crippen LogP contribution in [-0.4, -0.2) is 10.2 Å². The fourth-order valence-electron chi connectivity index (χ4n) is 1.11. The van der Waals surface area contributed by atoms with Crippen molar-refractivity contribution >= 4 is 11.0 Å². The number of phenolic OH excluding ortho intramolecular Hbond substituents is 2. The average Bonchev–Trinajstić information content (AvgIpc) is 2.12. The first-order valence-corrected chi connectivity index (χ1v) is 3.63. The predicted molar refractivity (Wildman–Crippen MR) is 46.9 cm³/mol. The van der Waals surface area contributed by atoms with Gasteiger partial charge in [-0.2, -0.15) is 0 Å². The predicted octanol–water partition coefficient (Wildman–Crippen LogP) is -1.68. The summed E-state index contributed by atoms with van der Waals surface area (Å²) in [5, 5.41) is 19.0. The van der Waals surface area contributed by atoms with Crippen molar-refractivity contribution in [2.45, 2.75) is 0 Å². The molecule has 1 aromatic heterocycles. The number of benzene rings is 1. The van der Waals surface area contributed by atoms with Crippen LogP contribution in [-0.2, 0) is 0 Å². The van der Waals surface area contributed by atoms with Crippen molar-refractivity contribution in [3.8, 4) is 11.5 Å². The first-order valence-electron chi connectivity index (χ1n) is 3.63. The van der Waals surface area contributed by atoms with Crippen LogP contribution >= 0.6 is 0 Å². The molecule has 2 rings (SSSR count). The van der Waals surface area contributed by atoms with Gasteiger partial charge >= 0.3 is 35.2 Å². The minimum atomic E-state index is -0.562. The maximum atomic E-state index is 10.8. The Kier molecular flexibility index (Phi) is 3.21. The van der Waals surface area contributed by atoms with Gasteiger partial charge < -0.3 is 16.1 Å². The standard InChI is InChI=1S/C9H6O4.Na.H/c10-6-3-1-5-2-4-7(11)13-9(5)8(6)12;;/h1-4,10,12H;;/q;+1;-1. The molecule has 0 bridgehead atoms. The average molecular weight is 202 g/mol. The Morgan fingerprint density at radius 2 is 1.79 bits per heavy atom. The van der Waals surface area contributed by atoms with E-state index in [1.54, 1.807) is 6.07 Å². The van der Waals surface area contributed by atoms with E-state index in [0.29, 0.717) is 5.39 Å². The molecule has 68 valence electrons. The minimum absolute atomic E-state index is 0. The summed E-state index contributed by atoms with van der Waals surface area (Å²) in [6, 6.07) is 5.64. The summed E-state index contributed by atoms with van der Waals surface area (Å²) in [5.41, 5.74) is -0.555. The summed E-state index contributed by atoms with van der Waals surface area (Å²) in [5.74, 6) is -0.711. The van der Waals surface area contributed by atoms with E-state index < -0.39 is 11.4 Å². The summed E-state index contributed by atoms with van der Waals surface area (Å²) in [7, 11) is 0. The van der Waals surface area contributed by atoms with Crippen molar-refractivity contribution < 1.29 is 45.6 Å². The zero-order chi connectivity index (χ0) is 9.42. The number of fused-ring (bicyclic) bond motifs is 1. The van der Waals surface area contributed by atoms with E-state index in [1.807, 2.05) is 0 Å². The number of hydrogen-bond donors (Lipinski definition) is 2. The van der Waals surface area contributed by atoms with E-state index in [0.717, 1.165) is 0 Å². The summed E-state index contributed by atoms with van der Waals surface area (Å²) < 4.78 is 4.71. The van der Waals surface area contributed by atoms with Crippen LogP contribution in [0.25, 0.3) is 11.0 Å². The van der Waals surface area contributed by atoms with Crippen molar-refractivity contribution in [3.63, 3.8) is 0 Å². The summed E-state index contributed by atoms with van der Waals surface area (Å²) >= 11 is 0. The largest absolute Gasteiger partial charge is 1.00 e. The fraction of sp³-hybridized carbons (Fsp3) is 0. The quantitative estimate of drug-likeness (QED) is 0.304. The molecule has 14 heavy (non-hydrogen) atoms. The summed E-state index contributed by atoms with van der Waals surface area (Å²) in [6.07, 6.45) is 0. The molecule has 0 aliphatic rings. The molecule has 4 nitrogen and oxygen atoms in total. The fourth-order valence-corrected chi connectivity index (χ4v) is 1.11. The van der Waals surface area contributed by atoms with Crippen LogP contribution in [0.1, 0.15) is 1.43 Å². The van der Waals surface area contributed by atoms with Crippen LogP contribution < -0.4 is 35.2 Å². The number of rotatable bonds is 0. The van der Waals surface area contributed by atoms with E-state index >= 15 is 0 Å². The van der Waals surface area contributed by atoms with Gasteiger partial charge in [-0.15, -0.1) is 0 Å². The van der Waals surface area contributed by atoms with Gasteiger partial charge in [0.1, 0.15) is 0 Å². The van der Waals surface area contributed by atoms with Crippen LogP contribution in [0.5, 0.6) is 11.5 Å². The molecule has 0 aliphatic heterocycles. The van der Waals surface area contributed by atoms with Gasteiger partial charge in [0.2, 0.25) is 5.75 Å². The van der Waals surface area contributed by atoms with Crippen LogP contribution in [0, 0.1) is 0 Å². The van der Waals surface area contributed by atoms with Gasteiger partial charge in [-0.1, -0.05) is 0 Å². The summed E-state index contributed by atoms with van der Waals surface area (Å²) in [6.45, 7) is 0. The molecule has 0 aliphatic carbocycles. The van der Waals surface area contributed by atoms with Crippen LogP contribution in [0.15, 0.2) is 33.5 Å². The Morgan fingerprint density at radius 3 is 2.50 bits per heavy atom. The van der Waals surface area contributed by atoms with E-state index in [9.17, 15) is 9.90 Å². The SMILES string of the molecule is O=c1ccc2ccc(O)c(O)c2o1.[H-].[Na+]. The van der Waals surface area contributed by atoms with Crippen LogP contribution in [0.4, 0.5) is 0 Å². The molecule has 0 fully saturated rings. The van der Waals surface area contributed by atoms with Gasteiger partial charge in [-0.3, -0.25) is 0 Å². The molecular formula is C9H7NaO4. The molecule has 2 N–H and O–H groups in total. The Hall–Kier alpha value is -0.970. The third-order valence-electron chi connectivity index (χ3n) is 1.74. The second kappa shape index (κ2) is 4.04.